The summed E-state index contributed by atoms with van der Waals surface area (Å²) in [6.45, 7) is 0. The van der Waals surface area contributed by atoms with Crippen LogP contribution >= 0.6 is 11.6 Å². The van der Waals surface area contributed by atoms with Crippen molar-refractivity contribution >= 4 is 44.0 Å². The first-order valence-corrected chi connectivity index (χ1v) is 12.4. The summed E-state index contributed by atoms with van der Waals surface area (Å²) in [5.41, 5.74) is 0.0244. The van der Waals surface area contributed by atoms with Crippen molar-refractivity contribution in [1.29, 1.82) is 0 Å². The number of benzene rings is 3. The summed E-state index contributed by atoms with van der Waals surface area (Å²) >= 11 is 5.74. The minimum atomic E-state index is -4.42. The zero-order valence-corrected chi connectivity index (χ0v) is 20.5. The Kier molecular flexibility index (Phi) is 6.18. The van der Waals surface area contributed by atoms with Gasteiger partial charge in [-0.1, -0.05) is 22.8 Å². The Morgan fingerprint density at radius 2 is 1.81 bits per heavy atom. The summed E-state index contributed by atoms with van der Waals surface area (Å²) < 4.78 is 68.3. The zero-order valence-electron chi connectivity index (χ0n) is 18.9. The number of ether oxygens (including phenoxy) is 1. The number of pyridine rings is 1. The molecule has 0 spiro atoms. The van der Waals surface area contributed by atoms with E-state index < -0.39 is 21.7 Å². The highest BCUT2D eigenvalue weighted by atomic mass is 35.5. The van der Waals surface area contributed by atoms with Crippen molar-refractivity contribution in [1.82, 2.24) is 10.1 Å². The molecule has 0 unspecified atom stereocenters. The first kappa shape index (κ1) is 24.5. The monoisotopic (exact) mass is 543 g/mol. The summed E-state index contributed by atoms with van der Waals surface area (Å²) in [5.74, 6) is -1.80. The second-order valence-corrected chi connectivity index (χ2v) is 10.0. The van der Waals surface area contributed by atoms with E-state index in [0.29, 0.717) is 10.9 Å². The van der Waals surface area contributed by atoms with Crippen LogP contribution in [0.3, 0.4) is 0 Å². The molecule has 0 fully saturated rings. The first-order valence-electron chi connectivity index (χ1n) is 10.6. The van der Waals surface area contributed by atoms with Gasteiger partial charge in [-0.2, -0.15) is 0 Å². The van der Waals surface area contributed by atoms with E-state index in [0.717, 1.165) is 22.7 Å². The number of aromatic amines is 1. The van der Waals surface area contributed by atoms with Gasteiger partial charge in [0.25, 0.3) is 10.0 Å². The third-order valence-corrected chi connectivity index (χ3v) is 7.60. The summed E-state index contributed by atoms with van der Waals surface area (Å²) in [4.78, 5) is 14.1. The average molecular weight is 544 g/mol. The standard InChI is InChI=1S/C25H16ClF2N3O5S/c1-35-23-12-17(14-2-5-18(26)20(28)11-14)19(27)13-22(23)31(24-8-9-36-30-24)37(33,34)16-4-6-21-15(10-16)3-7-25(32)29-21/h2-13H,1H3,(H,29,32). The van der Waals surface area contributed by atoms with Crippen molar-refractivity contribution in [2.75, 3.05) is 11.4 Å². The minimum Gasteiger partial charge on any atom is -0.495 e. The van der Waals surface area contributed by atoms with Crippen molar-refractivity contribution in [2.24, 2.45) is 0 Å². The molecule has 0 bridgehead atoms. The second kappa shape index (κ2) is 9.34. The van der Waals surface area contributed by atoms with Crippen LogP contribution in [-0.4, -0.2) is 25.7 Å². The van der Waals surface area contributed by atoms with E-state index in [1.54, 1.807) is 0 Å². The number of halogens is 3. The highest BCUT2D eigenvalue weighted by molar-refractivity contribution is 7.93. The van der Waals surface area contributed by atoms with Gasteiger partial charge in [-0.15, -0.1) is 0 Å². The highest BCUT2D eigenvalue weighted by Gasteiger charge is 2.32. The highest BCUT2D eigenvalue weighted by Crippen LogP contribution is 2.42. The van der Waals surface area contributed by atoms with Crippen LogP contribution in [0.1, 0.15) is 0 Å². The molecule has 8 nitrogen and oxygen atoms in total. The Morgan fingerprint density at radius 1 is 1.00 bits per heavy atom. The van der Waals surface area contributed by atoms with Crippen molar-refractivity contribution in [2.45, 2.75) is 4.90 Å². The zero-order chi connectivity index (χ0) is 26.3. The molecule has 0 saturated heterocycles. The number of methoxy groups -OCH3 is 1. The molecule has 1 N–H and O–H groups in total. The molecule has 2 heterocycles. The molecule has 0 saturated carbocycles. The molecule has 0 aliphatic rings. The number of hydrogen-bond donors (Lipinski definition) is 1. The molecule has 37 heavy (non-hydrogen) atoms. The van der Waals surface area contributed by atoms with E-state index >= 15 is 4.39 Å². The van der Waals surface area contributed by atoms with Crippen molar-refractivity contribution in [3.05, 3.63) is 100 Å². The molecule has 3 aromatic carbocycles. The van der Waals surface area contributed by atoms with E-state index in [1.165, 1.54) is 61.7 Å². The number of anilines is 2. The lowest BCUT2D eigenvalue weighted by Crippen LogP contribution is -2.27. The maximum atomic E-state index is 15.4. The SMILES string of the molecule is COc1cc(-c2ccc(Cl)c(F)c2)c(F)cc1N(c1ccon1)S(=O)(=O)c1ccc2[nH]c(=O)ccc2c1. The minimum absolute atomic E-state index is 0.0385. The predicted molar refractivity (Wildman–Crippen MR) is 134 cm³/mol. The maximum absolute atomic E-state index is 15.4. The van der Waals surface area contributed by atoms with Gasteiger partial charge in [-0.05, 0) is 53.4 Å². The Labute approximate surface area is 213 Å². The number of nitrogens with one attached hydrogen (secondary N) is 1. The molecule has 188 valence electrons. The maximum Gasteiger partial charge on any atom is 0.270 e. The Bertz CT molecular complexity index is 1810. The molecule has 0 atom stereocenters. The summed E-state index contributed by atoms with van der Waals surface area (Å²) in [6, 6.07) is 14.1. The molecule has 5 aromatic rings. The molecule has 0 amide bonds. The Balaban J connectivity index is 1.70. The van der Waals surface area contributed by atoms with Crippen molar-refractivity contribution in [3.63, 3.8) is 0 Å². The fourth-order valence-electron chi connectivity index (χ4n) is 3.84. The van der Waals surface area contributed by atoms with Gasteiger partial charge in [0.15, 0.2) is 5.82 Å². The molecular weight excluding hydrogens is 528 g/mol. The first-order chi connectivity index (χ1) is 17.7. The Morgan fingerprint density at radius 3 is 2.51 bits per heavy atom. The third-order valence-electron chi connectivity index (χ3n) is 5.58. The number of rotatable bonds is 6. The molecule has 2 aromatic heterocycles. The Hall–Kier alpha value is -4.22. The van der Waals surface area contributed by atoms with Crippen LogP contribution in [0.5, 0.6) is 5.75 Å². The van der Waals surface area contributed by atoms with Gasteiger partial charge in [-0.3, -0.25) is 4.79 Å². The molecular formula is C25H16ClF2N3O5S. The van der Waals surface area contributed by atoms with Gasteiger partial charge in [0, 0.05) is 29.3 Å². The van der Waals surface area contributed by atoms with E-state index in [1.807, 2.05) is 0 Å². The largest absolute Gasteiger partial charge is 0.495 e. The lowest BCUT2D eigenvalue weighted by molar-refractivity contribution is 0.413. The van der Waals surface area contributed by atoms with Crippen LogP contribution in [0.4, 0.5) is 20.3 Å². The van der Waals surface area contributed by atoms with Gasteiger partial charge < -0.3 is 14.2 Å². The molecule has 0 radical (unpaired) electrons. The van der Waals surface area contributed by atoms with Gasteiger partial charge >= 0.3 is 0 Å². The quantitative estimate of drug-likeness (QED) is 0.297. The van der Waals surface area contributed by atoms with E-state index in [2.05, 4.69) is 10.1 Å². The topological polar surface area (TPSA) is 106 Å². The fourth-order valence-corrected chi connectivity index (χ4v) is 5.42. The summed E-state index contributed by atoms with van der Waals surface area (Å²) in [5, 5.41) is 4.08. The van der Waals surface area contributed by atoms with Gasteiger partial charge in [0.05, 0.1) is 17.0 Å². The number of fused-ring (bicyclic) bond motifs is 1. The van der Waals surface area contributed by atoms with Gasteiger partial charge in [-0.25, -0.2) is 21.5 Å². The number of aromatic nitrogens is 2. The van der Waals surface area contributed by atoms with Crippen molar-refractivity contribution < 1.29 is 26.5 Å². The van der Waals surface area contributed by atoms with Crippen molar-refractivity contribution in [3.8, 4) is 16.9 Å². The second-order valence-electron chi connectivity index (χ2n) is 7.83. The molecule has 5 rings (SSSR count). The lowest BCUT2D eigenvalue weighted by Gasteiger charge is -2.24. The lowest BCUT2D eigenvalue weighted by atomic mass is 10.0. The van der Waals surface area contributed by atoms with Crippen LogP contribution in [0.2, 0.25) is 5.02 Å². The number of H-pyrrole nitrogens is 1. The fraction of sp³-hybridized carbons (Fsp3) is 0.0400. The van der Waals surface area contributed by atoms with Gasteiger partial charge in [0.2, 0.25) is 5.56 Å². The van der Waals surface area contributed by atoms with Crippen LogP contribution in [0.15, 0.2) is 87.2 Å². The summed E-state index contributed by atoms with van der Waals surface area (Å²) in [6.07, 6.45) is 1.16. The number of nitrogens with zero attached hydrogens (tertiary/aromatic N) is 2. The molecule has 12 heteroatoms. The number of sulfonamides is 1. The van der Waals surface area contributed by atoms with Crippen LogP contribution in [0.25, 0.3) is 22.0 Å². The van der Waals surface area contributed by atoms with Crippen LogP contribution < -0.4 is 14.6 Å². The van der Waals surface area contributed by atoms with E-state index in [9.17, 15) is 17.6 Å². The van der Waals surface area contributed by atoms with E-state index in [4.69, 9.17) is 20.9 Å². The summed E-state index contributed by atoms with van der Waals surface area (Å²) in [7, 11) is -3.14. The molecule has 0 aliphatic carbocycles. The number of hydrogen-bond acceptors (Lipinski definition) is 6. The average Bonchev–Trinajstić information content (AvgIpc) is 3.39. The van der Waals surface area contributed by atoms with Gasteiger partial charge in [0.1, 0.15) is 29.3 Å². The van der Waals surface area contributed by atoms with E-state index in [-0.39, 0.29) is 43.9 Å². The van der Waals surface area contributed by atoms with Crippen LogP contribution in [-0.2, 0) is 10.0 Å². The van der Waals surface area contributed by atoms with Crippen LogP contribution in [0, 0.1) is 11.6 Å². The third kappa shape index (κ3) is 4.43. The smallest absolute Gasteiger partial charge is 0.270 e. The normalized spacial score (nSPS) is 11.6. The molecule has 0 aliphatic heterocycles. The predicted octanol–water partition coefficient (Wildman–Crippen LogP) is 5.65.